The Kier molecular flexibility index (Phi) is 3.81. The van der Waals surface area contributed by atoms with Crippen LogP contribution in [-0.2, 0) is 6.54 Å². The van der Waals surface area contributed by atoms with Gasteiger partial charge in [-0.05, 0) is 31.4 Å². The van der Waals surface area contributed by atoms with Crippen LogP contribution in [-0.4, -0.2) is 20.4 Å². The number of nitrogens with one attached hydrogen (secondary N) is 2. The third-order valence-electron chi connectivity index (χ3n) is 3.38. The highest BCUT2D eigenvalue weighted by Gasteiger charge is 2.11. The molecule has 114 valence electrons. The third kappa shape index (κ3) is 2.80. The summed E-state index contributed by atoms with van der Waals surface area (Å²) in [6.45, 7) is 4.44. The van der Waals surface area contributed by atoms with E-state index in [4.69, 9.17) is 0 Å². The van der Waals surface area contributed by atoms with Gasteiger partial charge in [0.05, 0.1) is 23.3 Å². The van der Waals surface area contributed by atoms with Crippen molar-refractivity contribution in [3.05, 3.63) is 51.8 Å². The van der Waals surface area contributed by atoms with Crippen molar-refractivity contribution in [1.82, 2.24) is 19.9 Å². The van der Waals surface area contributed by atoms with E-state index in [1.165, 1.54) is 11.3 Å². The molecule has 0 atom stereocenters. The molecular weight excluding hydrogens is 300 g/mol. The predicted octanol–water partition coefficient (Wildman–Crippen LogP) is 2.30. The Balaban J connectivity index is 1.74. The second kappa shape index (κ2) is 5.76. The molecule has 2 N–H and O–H groups in total. The molecular formula is C15H16N4O2S. The summed E-state index contributed by atoms with van der Waals surface area (Å²) in [6.07, 6.45) is 3.64. The van der Waals surface area contributed by atoms with Crippen LogP contribution in [0.4, 0.5) is 0 Å². The zero-order valence-corrected chi connectivity index (χ0v) is 13.1. The number of nitrogens with zero attached hydrogens (tertiary/aromatic N) is 2. The number of carbonyl (C=O) groups is 1. The lowest BCUT2D eigenvalue weighted by molar-refractivity contribution is 0.0945. The Hall–Kier alpha value is -2.41. The average Bonchev–Trinajstić information content (AvgIpc) is 3.13. The Morgan fingerprint density at radius 1 is 1.50 bits per heavy atom. The molecule has 22 heavy (non-hydrogen) atoms. The van der Waals surface area contributed by atoms with Gasteiger partial charge in [-0.15, -0.1) is 11.3 Å². The largest absolute Gasteiger partial charge is 0.345 e. The van der Waals surface area contributed by atoms with Crippen LogP contribution in [0.15, 0.2) is 34.8 Å². The molecule has 0 unspecified atom stereocenters. The van der Waals surface area contributed by atoms with E-state index in [1.807, 2.05) is 22.2 Å². The first-order valence-electron chi connectivity index (χ1n) is 6.95. The summed E-state index contributed by atoms with van der Waals surface area (Å²) in [5.74, 6) is -0.315. The summed E-state index contributed by atoms with van der Waals surface area (Å²) >= 11 is 1.36. The van der Waals surface area contributed by atoms with Gasteiger partial charge in [-0.25, -0.2) is 4.98 Å². The van der Waals surface area contributed by atoms with Crippen molar-refractivity contribution < 1.29 is 4.79 Å². The molecule has 0 radical (unpaired) electrons. The van der Waals surface area contributed by atoms with Gasteiger partial charge < -0.3 is 14.9 Å². The van der Waals surface area contributed by atoms with Crippen molar-refractivity contribution >= 4 is 27.3 Å². The monoisotopic (exact) mass is 316 g/mol. The number of carbonyl (C=O) groups excluding carboxylic acids is 1. The summed E-state index contributed by atoms with van der Waals surface area (Å²) in [6, 6.07) is 3.85. The van der Waals surface area contributed by atoms with Crippen molar-refractivity contribution in [2.75, 3.05) is 0 Å². The van der Waals surface area contributed by atoms with Gasteiger partial charge in [0.15, 0.2) is 0 Å². The third-order valence-corrected chi connectivity index (χ3v) is 4.30. The van der Waals surface area contributed by atoms with E-state index in [0.29, 0.717) is 17.3 Å². The minimum absolute atomic E-state index is 0.235. The maximum Gasteiger partial charge on any atom is 0.268 e. The molecule has 3 aromatic heterocycles. The van der Waals surface area contributed by atoms with Crippen LogP contribution < -0.4 is 10.9 Å². The van der Waals surface area contributed by atoms with Gasteiger partial charge in [0.25, 0.3) is 11.5 Å². The number of thiophene rings is 1. The Morgan fingerprint density at radius 2 is 2.32 bits per heavy atom. The van der Waals surface area contributed by atoms with E-state index in [1.54, 1.807) is 12.4 Å². The summed E-state index contributed by atoms with van der Waals surface area (Å²) in [5, 5.41) is 5.38. The molecule has 1 amide bonds. The lowest BCUT2D eigenvalue weighted by Crippen LogP contribution is -2.26. The smallest absolute Gasteiger partial charge is 0.268 e. The molecule has 0 saturated heterocycles. The predicted molar refractivity (Wildman–Crippen MR) is 86.2 cm³/mol. The molecule has 0 aliphatic heterocycles. The molecule has 3 rings (SSSR count). The van der Waals surface area contributed by atoms with Gasteiger partial charge in [-0.3, -0.25) is 9.59 Å². The number of imidazole rings is 1. The molecule has 0 aliphatic carbocycles. The SMILES string of the molecule is CC(C)n1cnc(CNC(=O)c2cc3ccsc3c(=O)[nH]2)c1. The Morgan fingerprint density at radius 3 is 3.05 bits per heavy atom. The minimum Gasteiger partial charge on any atom is -0.345 e. The molecule has 6 nitrogen and oxygen atoms in total. The number of amides is 1. The van der Waals surface area contributed by atoms with Crippen LogP contribution in [0.5, 0.6) is 0 Å². The normalized spacial score (nSPS) is 11.2. The molecule has 0 fully saturated rings. The van der Waals surface area contributed by atoms with E-state index in [0.717, 1.165) is 11.1 Å². The zero-order chi connectivity index (χ0) is 15.7. The van der Waals surface area contributed by atoms with Crippen molar-refractivity contribution in [3.8, 4) is 0 Å². The van der Waals surface area contributed by atoms with Gasteiger partial charge in [0, 0.05) is 17.6 Å². The van der Waals surface area contributed by atoms with E-state index >= 15 is 0 Å². The van der Waals surface area contributed by atoms with Gasteiger partial charge >= 0.3 is 0 Å². The number of H-pyrrole nitrogens is 1. The second-order valence-corrected chi connectivity index (χ2v) is 6.22. The van der Waals surface area contributed by atoms with Crippen molar-refractivity contribution in [2.24, 2.45) is 0 Å². The van der Waals surface area contributed by atoms with E-state index in [9.17, 15) is 9.59 Å². The van der Waals surface area contributed by atoms with Gasteiger partial charge in [0.1, 0.15) is 5.69 Å². The first-order chi connectivity index (χ1) is 10.5. The number of rotatable bonds is 4. The van der Waals surface area contributed by atoms with E-state index in [2.05, 4.69) is 29.1 Å². The van der Waals surface area contributed by atoms with Crippen LogP contribution in [0, 0.1) is 0 Å². The molecule has 7 heteroatoms. The molecule has 0 aromatic carbocycles. The highest BCUT2D eigenvalue weighted by atomic mass is 32.1. The highest BCUT2D eigenvalue weighted by molar-refractivity contribution is 7.17. The fourth-order valence-corrected chi connectivity index (χ4v) is 2.90. The average molecular weight is 316 g/mol. The van der Waals surface area contributed by atoms with Crippen LogP contribution in [0.2, 0.25) is 0 Å². The molecule has 0 saturated carbocycles. The van der Waals surface area contributed by atoms with Gasteiger partial charge in [-0.1, -0.05) is 0 Å². The van der Waals surface area contributed by atoms with E-state index in [-0.39, 0.29) is 17.2 Å². The van der Waals surface area contributed by atoms with Crippen LogP contribution >= 0.6 is 11.3 Å². The van der Waals surface area contributed by atoms with Crippen molar-refractivity contribution in [1.29, 1.82) is 0 Å². The zero-order valence-electron chi connectivity index (χ0n) is 12.3. The maximum absolute atomic E-state index is 12.2. The summed E-state index contributed by atoms with van der Waals surface area (Å²) in [5.41, 5.74) is 0.807. The lowest BCUT2D eigenvalue weighted by Gasteiger charge is -2.05. The molecule has 0 bridgehead atoms. The van der Waals surface area contributed by atoms with Crippen LogP contribution in [0.1, 0.15) is 36.1 Å². The molecule has 3 heterocycles. The number of fused-ring (bicyclic) bond motifs is 1. The first kappa shape index (κ1) is 14.5. The number of hydrogen-bond acceptors (Lipinski definition) is 4. The molecule has 0 spiro atoms. The van der Waals surface area contributed by atoms with Gasteiger partial charge in [-0.2, -0.15) is 0 Å². The number of pyridine rings is 1. The minimum atomic E-state index is -0.315. The van der Waals surface area contributed by atoms with E-state index < -0.39 is 0 Å². The Labute approximate surface area is 130 Å². The molecule has 0 aliphatic rings. The number of aromatic amines is 1. The summed E-state index contributed by atoms with van der Waals surface area (Å²) in [4.78, 5) is 30.9. The fourth-order valence-electron chi connectivity index (χ4n) is 2.13. The highest BCUT2D eigenvalue weighted by Crippen LogP contribution is 2.16. The Bertz CT molecular complexity index is 875. The quantitative estimate of drug-likeness (QED) is 0.775. The topological polar surface area (TPSA) is 79.8 Å². The number of aromatic nitrogens is 3. The van der Waals surface area contributed by atoms with Crippen LogP contribution in [0.3, 0.4) is 0 Å². The standard InChI is InChI=1S/C15H16N4O2S/c1-9(2)19-7-11(17-8-19)6-16-14(20)12-5-10-3-4-22-13(10)15(21)18-12/h3-5,7-9H,6H2,1-2H3,(H,16,20)(H,18,21). The lowest BCUT2D eigenvalue weighted by atomic mass is 10.2. The second-order valence-electron chi connectivity index (χ2n) is 5.31. The van der Waals surface area contributed by atoms with Gasteiger partial charge in [0.2, 0.25) is 0 Å². The first-order valence-corrected chi connectivity index (χ1v) is 7.83. The van der Waals surface area contributed by atoms with Crippen molar-refractivity contribution in [2.45, 2.75) is 26.4 Å². The maximum atomic E-state index is 12.2. The fraction of sp³-hybridized carbons (Fsp3) is 0.267. The van der Waals surface area contributed by atoms with Crippen molar-refractivity contribution in [3.63, 3.8) is 0 Å². The summed E-state index contributed by atoms with van der Waals surface area (Å²) in [7, 11) is 0. The molecule has 3 aromatic rings. The number of hydrogen-bond donors (Lipinski definition) is 2. The van der Waals surface area contributed by atoms with Crippen LogP contribution in [0.25, 0.3) is 10.1 Å². The summed E-state index contributed by atoms with van der Waals surface area (Å²) < 4.78 is 2.60.